The van der Waals surface area contributed by atoms with Gasteiger partial charge < -0.3 is 24.6 Å². The fraction of sp³-hybridized carbons (Fsp3) is 0.400. The van der Waals surface area contributed by atoms with Crippen molar-refractivity contribution in [3.8, 4) is 11.5 Å². The minimum atomic E-state index is -0.360. The number of amides is 3. The number of carbonyl (C=O) groups excluding carboxylic acids is 3. The zero-order chi connectivity index (χ0) is 22.8. The summed E-state index contributed by atoms with van der Waals surface area (Å²) >= 11 is 0. The average Bonchev–Trinajstić information content (AvgIpc) is 3.26. The second kappa shape index (κ2) is 9.13. The van der Waals surface area contributed by atoms with Gasteiger partial charge >= 0.3 is 0 Å². The summed E-state index contributed by atoms with van der Waals surface area (Å²) < 4.78 is 11.2. The van der Waals surface area contributed by atoms with Gasteiger partial charge in [-0.2, -0.15) is 0 Å². The Morgan fingerprint density at radius 2 is 1.67 bits per heavy atom. The zero-order valence-electron chi connectivity index (χ0n) is 18.4. The van der Waals surface area contributed by atoms with E-state index in [9.17, 15) is 14.4 Å². The molecule has 0 unspecified atom stereocenters. The van der Waals surface area contributed by atoms with E-state index in [0.717, 1.165) is 5.69 Å². The third-order valence-corrected chi connectivity index (χ3v) is 6.49. The lowest BCUT2D eigenvalue weighted by Crippen LogP contribution is -2.48. The molecule has 5 rings (SSSR count). The molecule has 2 aromatic rings. The highest BCUT2D eigenvalue weighted by atomic mass is 16.6. The van der Waals surface area contributed by atoms with E-state index < -0.39 is 0 Å². The minimum Gasteiger partial charge on any atom is -0.486 e. The number of hydrogen-bond acceptors (Lipinski definition) is 5. The molecule has 3 heterocycles. The number of nitrogens with one attached hydrogen (secondary N) is 1. The Labute approximate surface area is 192 Å². The number of carbonyl (C=O) groups is 3. The number of hydrogen-bond donors (Lipinski definition) is 1. The third kappa shape index (κ3) is 4.51. The predicted octanol–water partition coefficient (Wildman–Crippen LogP) is 2.23. The molecule has 33 heavy (non-hydrogen) atoms. The quantitative estimate of drug-likeness (QED) is 0.774. The Bertz CT molecular complexity index is 1050. The predicted molar refractivity (Wildman–Crippen MR) is 121 cm³/mol. The van der Waals surface area contributed by atoms with E-state index in [1.54, 1.807) is 29.2 Å². The monoisotopic (exact) mass is 449 g/mol. The molecule has 3 aliphatic heterocycles. The van der Waals surface area contributed by atoms with Gasteiger partial charge in [0.05, 0.1) is 5.92 Å². The SMILES string of the molecule is O=C(NC1CCN(C(=O)[C@H]2CC(=O)N(c3ccc4c(c3)OCCO4)C2)CC1)c1ccccc1. The van der Waals surface area contributed by atoms with Gasteiger partial charge in [0.15, 0.2) is 11.5 Å². The minimum absolute atomic E-state index is 0.0104. The van der Waals surface area contributed by atoms with Gasteiger partial charge in [-0.15, -0.1) is 0 Å². The van der Waals surface area contributed by atoms with Gasteiger partial charge in [-0.3, -0.25) is 14.4 Å². The molecule has 2 aromatic carbocycles. The number of benzene rings is 2. The summed E-state index contributed by atoms with van der Waals surface area (Å²) in [6.45, 7) is 2.51. The summed E-state index contributed by atoms with van der Waals surface area (Å²) in [7, 11) is 0. The van der Waals surface area contributed by atoms with Gasteiger partial charge in [0.25, 0.3) is 5.91 Å². The normalized spacial score (nSPS) is 20.6. The van der Waals surface area contributed by atoms with Crippen LogP contribution in [0.2, 0.25) is 0 Å². The van der Waals surface area contributed by atoms with Crippen molar-refractivity contribution in [1.29, 1.82) is 0 Å². The standard InChI is InChI=1S/C25H27N3O5/c29-23-14-18(16-28(23)20-6-7-21-22(15-20)33-13-12-32-21)25(31)27-10-8-19(9-11-27)26-24(30)17-4-2-1-3-5-17/h1-7,15,18-19H,8-14,16H2,(H,26,30)/t18-/m0/s1. The Morgan fingerprint density at radius 1 is 0.939 bits per heavy atom. The van der Waals surface area contributed by atoms with Crippen molar-refractivity contribution in [1.82, 2.24) is 10.2 Å². The van der Waals surface area contributed by atoms with Crippen LogP contribution in [0.3, 0.4) is 0 Å². The Kier molecular flexibility index (Phi) is 5.90. The van der Waals surface area contributed by atoms with Crippen molar-refractivity contribution >= 4 is 23.4 Å². The van der Waals surface area contributed by atoms with Crippen LogP contribution >= 0.6 is 0 Å². The van der Waals surface area contributed by atoms with E-state index in [4.69, 9.17) is 9.47 Å². The van der Waals surface area contributed by atoms with Crippen molar-refractivity contribution in [2.45, 2.75) is 25.3 Å². The van der Waals surface area contributed by atoms with E-state index in [2.05, 4.69) is 5.32 Å². The molecule has 2 saturated heterocycles. The van der Waals surface area contributed by atoms with Crippen LogP contribution < -0.4 is 19.7 Å². The fourth-order valence-corrected chi connectivity index (χ4v) is 4.68. The summed E-state index contributed by atoms with van der Waals surface area (Å²) in [6, 6.07) is 14.6. The van der Waals surface area contributed by atoms with Crippen LogP contribution in [-0.4, -0.2) is 61.5 Å². The molecule has 3 aliphatic rings. The highest BCUT2D eigenvalue weighted by Gasteiger charge is 2.38. The van der Waals surface area contributed by atoms with Crippen LogP contribution in [0.1, 0.15) is 29.6 Å². The lowest BCUT2D eigenvalue weighted by atomic mass is 10.0. The van der Waals surface area contributed by atoms with Gasteiger partial charge in [-0.25, -0.2) is 0 Å². The summed E-state index contributed by atoms with van der Waals surface area (Å²) in [6.07, 6.45) is 1.62. The maximum absolute atomic E-state index is 13.1. The molecule has 0 bridgehead atoms. The first-order valence-corrected chi connectivity index (χ1v) is 11.4. The lowest BCUT2D eigenvalue weighted by Gasteiger charge is -2.33. The van der Waals surface area contributed by atoms with Gasteiger partial charge in [-0.1, -0.05) is 18.2 Å². The Hall–Kier alpha value is -3.55. The van der Waals surface area contributed by atoms with Crippen LogP contribution in [0.25, 0.3) is 0 Å². The maximum Gasteiger partial charge on any atom is 0.251 e. The maximum atomic E-state index is 13.1. The highest BCUT2D eigenvalue weighted by Crippen LogP contribution is 2.36. The van der Waals surface area contributed by atoms with Gasteiger partial charge in [0.2, 0.25) is 11.8 Å². The second-order valence-electron chi connectivity index (χ2n) is 8.67. The third-order valence-electron chi connectivity index (χ3n) is 6.49. The van der Waals surface area contributed by atoms with Crippen molar-refractivity contribution < 1.29 is 23.9 Å². The Balaban J connectivity index is 1.16. The van der Waals surface area contributed by atoms with Crippen molar-refractivity contribution in [3.63, 3.8) is 0 Å². The first kappa shape index (κ1) is 21.3. The summed E-state index contributed by atoms with van der Waals surface area (Å²) in [5, 5.41) is 3.06. The van der Waals surface area contributed by atoms with Gasteiger partial charge in [-0.05, 0) is 37.1 Å². The zero-order valence-corrected chi connectivity index (χ0v) is 18.4. The van der Waals surface area contributed by atoms with E-state index in [0.29, 0.717) is 62.8 Å². The molecular weight excluding hydrogens is 422 g/mol. The molecule has 1 atom stereocenters. The van der Waals surface area contributed by atoms with Crippen LogP contribution in [0.5, 0.6) is 11.5 Å². The molecular formula is C25H27N3O5. The van der Waals surface area contributed by atoms with Crippen LogP contribution in [0, 0.1) is 5.92 Å². The molecule has 0 aliphatic carbocycles. The van der Waals surface area contributed by atoms with Crippen LogP contribution in [0.15, 0.2) is 48.5 Å². The molecule has 1 N–H and O–H groups in total. The second-order valence-corrected chi connectivity index (χ2v) is 8.67. The summed E-state index contributed by atoms with van der Waals surface area (Å²) in [5.74, 6) is 0.803. The van der Waals surface area contributed by atoms with Crippen LogP contribution in [-0.2, 0) is 9.59 Å². The molecule has 0 spiro atoms. The highest BCUT2D eigenvalue weighted by molar-refractivity contribution is 6.00. The Morgan fingerprint density at radius 3 is 2.42 bits per heavy atom. The molecule has 8 heteroatoms. The molecule has 8 nitrogen and oxygen atoms in total. The van der Waals surface area contributed by atoms with Crippen molar-refractivity contribution in [2.24, 2.45) is 5.92 Å². The molecule has 2 fully saturated rings. The number of nitrogens with zero attached hydrogens (tertiary/aromatic N) is 2. The molecule has 0 aromatic heterocycles. The first-order valence-electron chi connectivity index (χ1n) is 11.4. The van der Waals surface area contributed by atoms with E-state index >= 15 is 0 Å². The van der Waals surface area contributed by atoms with E-state index in [1.807, 2.05) is 29.2 Å². The summed E-state index contributed by atoms with van der Waals surface area (Å²) in [5.41, 5.74) is 1.36. The number of anilines is 1. The topological polar surface area (TPSA) is 88.2 Å². The number of piperidine rings is 1. The largest absolute Gasteiger partial charge is 0.486 e. The van der Waals surface area contributed by atoms with Gasteiger partial charge in [0.1, 0.15) is 13.2 Å². The van der Waals surface area contributed by atoms with Crippen LogP contribution in [0.4, 0.5) is 5.69 Å². The fourth-order valence-electron chi connectivity index (χ4n) is 4.68. The molecule has 0 radical (unpaired) electrons. The van der Waals surface area contributed by atoms with E-state index in [-0.39, 0.29) is 36.1 Å². The van der Waals surface area contributed by atoms with Crippen molar-refractivity contribution in [2.75, 3.05) is 37.7 Å². The van der Waals surface area contributed by atoms with Gasteiger partial charge in [0, 0.05) is 49.4 Å². The molecule has 3 amide bonds. The molecule has 172 valence electrons. The number of likely N-dealkylation sites (tertiary alicyclic amines) is 1. The van der Waals surface area contributed by atoms with E-state index in [1.165, 1.54) is 0 Å². The average molecular weight is 450 g/mol. The smallest absolute Gasteiger partial charge is 0.251 e. The number of fused-ring (bicyclic) bond motifs is 1. The number of rotatable bonds is 4. The number of ether oxygens (including phenoxy) is 2. The molecule has 0 saturated carbocycles. The summed E-state index contributed by atoms with van der Waals surface area (Å²) in [4.78, 5) is 41.7. The van der Waals surface area contributed by atoms with Crippen molar-refractivity contribution in [3.05, 3.63) is 54.1 Å². The first-order chi connectivity index (χ1) is 16.1. The lowest BCUT2D eigenvalue weighted by molar-refractivity contribution is -0.136.